The zero-order chi connectivity index (χ0) is 23.2. The average Bonchev–Trinajstić information content (AvgIpc) is 2.71. The summed E-state index contributed by atoms with van der Waals surface area (Å²) in [4.78, 5) is 27.3. The van der Waals surface area contributed by atoms with Gasteiger partial charge in [-0.1, -0.05) is 48.0 Å². The molecule has 0 heterocycles. The average molecular weight is 466 g/mol. The van der Waals surface area contributed by atoms with E-state index < -0.39 is 28.5 Å². The number of carbonyl (C=O) groups excluding carboxylic acids is 2. The topological polar surface area (TPSA) is 86.8 Å². The van der Waals surface area contributed by atoms with Crippen molar-refractivity contribution in [1.29, 1.82) is 0 Å². The van der Waals surface area contributed by atoms with Gasteiger partial charge in [0.25, 0.3) is 0 Å². The molecule has 1 N–H and O–H groups in total. The Kier molecular flexibility index (Phi) is 8.47. The smallest absolute Gasteiger partial charge is 0.244 e. The predicted octanol–water partition coefficient (Wildman–Crippen LogP) is 2.97. The number of para-hydroxylation sites is 1. The summed E-state index contributed by atoms with van der Waals surface area (Å²) in [5, 5.41) is 2.93. The van der Waals surface area contributed by atoms with Gasteiger partial charge in [0.2, 0.25) is 21.8 Å². The first-order valence-corrected chi connectivity index (χ1v) is 12.1. The van der Waals surface area contributed by atoms with Crippen LogP contribution in [0, 0.1) is 6.92 Å². The number of aryl methyl sites for hydroxylation is 1. The number of nitrogens with one attached hydrogen (secondary N) is 1. The van der Waals surface area contributed by atoms with Crippen LogP contribution >= 0.6 is 11.6 Å². The van der Waals surface area contributed by atoms with E-state index in [1.54, 1.807) is 32.0 Å². The Balaban J connectivity index is 2.41. The lowest BCUT2D eigenvalue weighted by atomic mass is 10.1. The van der Waals surface area contributed by atoms with Gasteiger partial charge in [0, 0.05) is 13.1 Å². The number of hydrogen-bond donors (Lipinski definition) is 1. The van der Waals surface area contributed by atoms with E-state index >= 15 is 0 Å². The predicted molar refractivity (Wildman–Crippen MR) is 124 cm³/mol. The summed E-state index contributed by atoms with van der Waals surface area (Å²) in [6, 6.07) is 13.2. The summed E-state index contributed by atoms with van der Waals surface area (Å²) >= 11 is 6.20. The number of nitrogens with zero attached hydrogens (tertiary/aromatic N) is 2. The minimum absolute atomic E-state index is 0.171. The van der Waals surface area contributed by atoms with E-state index in [1.165, 1.54) is 11.0 Å². The van der Waals surface area contributed by atoms with Crippen LogP contribution in [0.3, 0.4) is 0 Å². The molecular formula is C22H28ClN3O4S. The molecule has 0 radical (unpaired) electrons. The quantitative estimate of drug-likeness (QED) is 0.616. The lowest BCUT2D eigenvalue weighted by Crippen LogP contribution is -2.51. The summed E-state index contributed by atoms with van der Waals surface area (Å²) < 4.78 is 25.9. The first-order chi connectivity index (χ1) is 14.6. The molecule has 2 rings (SSSR count). The van der Waals surface area contributed by atoms with Crippen molar-refractivity contribution >= 4 is 39.1 Å². The van der Waals surface area contributed by atoms with Crippen molar-refractivity contribution in [3.05, 3.63) is 64.7 Å². The van der Waals surface area contributed by atoms with Crippen LogP contribution in [0.1, 0.15) is 25.0 Å². The van der Waals surface area contributed by atoms with E-state index in [2.05, 4.69) is 5.32 Å². The van der Waals surface area contributed by atoms with Crippen molar-refractivity contribution in [3.63, 3.8) is 0 Å². The second-order valence-corrected chi connectivity index (χ2v) is 9.55. The second kappa shape index (κ2) is 10.6. The van der Waals surface area contributed by atoms with E-state index in [1.807, 2.05) is 31.2 Å². The Morgan fingerprint density at radius 2 is 1.71 bits per heavy atom. The molecule has 9 heteroatoms. The largest absolute Gasteiger partial charge is 0.355 e. The summed E-state index contributed by atoms with van der Waals surface area (Å²) in [5.74, 6) is -0.819. The number of anilines is 1. The van der Waals surface area contributed by atoms with E-state index in [-0.39, 0.29) is 23.2 Å². The van der Waals surface area contributed by atoms with Crippen molar-refractivity contribution in [2.45, 2.75) is 33.4 Å². The molecular weight excluding hydrogens is 438 g/mol. The lowest BCUT2D eigenvalue weighted by Gasteiger charge is -2.32. The molecule has 168 valence electrons. The van der Waals surface area contributed by atoms with E-state index in [4.69, 9.17) is 11.6 Å². The third-order valence-electron chi connectivity index (χ3n) is 4.92. The van der Waals surface area contributed by atoms with Crippen molar-refractivity contribution in [1.82, 2.24) is 10.2 Å². The molecule has 1 unspecified atom stereocenters. The van der Waals surface area contributed by atoms with Gasteiger partial charge < -0.3 is 10.2 Å². The van der Waals surface area contributed by atoms with Gasteiger partial charge in [0.1, 0.15) is 12.6 Å². The number of halogens is 1. The number of likely N-dealkylation sites (N-methyl/N-ethyl adjacent to an activating group) is 1. The summed E-state index contributed by atoms with van der Waals surface area (Å²) in [6.45, 7) is 5.45. The van der Waals surface area contributed by atoms with Gasteiger partial charge in [-0.2, -0.15) is 0 Å². The van der Waals surface area contributed by atoms with Crippen molar-refractivity contribution in [2.24, 2.45) is 0 Å². The third-order valence-corrected chi connectivity index (χ3v) is 6.37. The number of sulfonamides is 1. The van der Waals surface area contributed by atoms with Gasteiger partial charge in [0.15, 0.2) is 0 Å². The Hall–Kier alpha value is -2.58. The highest BCUT2D eigenvalue weighted by molar-refractivity contribution is 7.92. The fourth-order valence-electron chi connectivity index (χ4n) is 3.12. The molecule has 0 aliphatic rings. The molecule has 0 bridgehead atoms. The van der Waals surface area contributed by atoms with Crippen LogP contribution in [-0.4, -0.2) is 50.5 Å². The maximum absolute atomic E-state index is 13.3. The molecule has 31 heavy (non-hydrogen) atoms. The molecule has 0 aliphatic carbocycles. The van der Waals surface area contributed by atoms with Gasteiger partial charge in [-0.25, -0.2) is 8.42 Å². The molecule has 0 spiro atoms. The zero-order valence-corrected chi connectivity index (χ0v) is 19.7. The van der Waals surface area contributed by atoms with Crippen molar-refractivity contribution in [3.8, 4) is 0 Å². The number of amides is 2. The highest BCUT2D eigenvalue weighted by Gasteiger charge is 2.30. The van der Waals surface area contributed by atoms with Crippen LogP contribution in [0.25, 0.3) is 0 Å². The lowest BCUT2D eigenvalue weighted by molar-refractivity contribution is -0.139. The molecule has 2 amide bonds. The third kappa shape index (κ3) is 6.45. The maximum atomic E-state index is 13.3. The zero-order valence-electron chi connectivity index (χ0n) is 18.1. The highest BCUT2D eigenvalue weighted by Crippen LogP contribution is 2.27. The molecule has 0 aromatic heterocycles. The van der Waals surface area contributed by atoms with Crippen LogP contribution in [0.2, 0.25) is 5.02 Å². The fraction of sp³-hybridized carbons (Fsp3) is 0.364. The normalized spacial score (nSPS) is 12.2. The van der Waals surface area contributed by atoms with Gasteiger partial charge in [-0.05, 0) is 44.0 Å². The molecule has 2 aromatic rings. The van der Waals surface area contributed by atoms with Crippen molar-refractivity contribution in [2.75, 3.05) is 23.7 Å². The van der Waals surface area contributed by atoms with Crippen LogP contribution in [0.15, 0.2) is 48.5 Å². The summed E-state index contributed by atoms with van der Waals surface area (Å²) in [6.07, 6.45) is 1.02. The first-order valence-electron chi connectivity index (χ1n) is 9.90. The van der Waals surface area contributed by atoms with Crippen molar-refractivity contribution < 1.29 is 18.0 Å². The minimum atomic E-state index is -3.81. The minimum Gasteiger partial charge on any atom is -0.355 e. The van der Waals surface area contributed by atoms with Gasteiger partial charge >= 0.3 is 0 Å². The number of hydrogen-bond acceptors (Lipinski definition) is 4. The van der Waals surface area contributed by atoms with Gasteiger partial charge in [-0.3, -0.25) is 13.9 Å². The standard InChI is InChI=1S/C22H28ClN3O4S/c1-5-24-22(28)17(3)25(14-18-11-7-6-10-16(18)2)21(27)15-26(31(4,29)30)20-13-9-8-12-19(20)23/h6-13,17H,5,14-15H2,1-4H3,(H,24,28). The Morgan fingerprint density at radius 1 is 1.10 bits per heavy atom. The molecule has 2 aromatic carbocycles. The van der Waals surface area contributed by atoms with Crippen LogP contribution in [-0.2, 0) is 26.2 Å². The summed E-state index contributed by atoms with van der Waals surface area (Å²) in [5.41, 5.74) is 2.05. The molecule has 1 atom stereocenters. The summed E-state index contributed by atoms with van der Waals surface area (Å²) in [7, 11) is -3.81. The number of carbonyl (C=O) groups is 2. The van der Waals surface area contributed by atoms with E-state index in [0.29, 0.717) is 6.54 Å². The van der Waals surface area contributed by atoms with Gasteiger partial charge in [-0.15, -0.1) is 0 Å². The molecule has 0 aliphatic heterocycles. The SMILES string of the molecule is CCNC(=O)C(C)N(Cc1ccccc1C)C(=O)CN(c1ccccc1Cl)S(C)(=O)=O. The number of benzene rings is 2. The molecule has 0 saturated heterocycles. The molecule has 7 nitrogen and oxygen atoms in total. The monoisotopic (exact) mass is 465 g/mol. The second-order valence-electron chi connectivity index (χ2n) is 7.24. The van der Waals surface area contributed by atoms with Crippen LogP contribution in [0.4, 0.5) is 5.69 Å². The Labute approximate surface area is 189 Å². The Morgan fingerprint density at radius 3 is 2.29 bits per heavy atom. The van der Waals surface area contributed by atoms with Crippen LogP contribution < -0.4 is 9.62 Å². The molecule has 0 saturated carbocycles. The van der Waals surface area contributed by atoms with E-state index in [0.717, 1.165) is 21.7 Å². The van der Waals surface area contributed by atoms with Crippen LogP contribution in [0.5, 0.6) is 0 Å². The first kappa shape index (κ1) is 24.7. The highest BCUT2D eigenvalue weighted by atomic mass is 35.5. The maximum Gasteiger partial charge on any atom is 0.244 e. The van der Waals surface area contributed by atoms with Gasteiger partial charge in [0.05, 0.1) is 17.0 Å². The fourth-order valence-corrected chi connectivity index (χ4v) is 4.27. The Bertz CT molecular complexity index is 1040. The van der Waals surface area contributed by atoms with E-state index in [9.17, 15) is 18.0 Å². The number of rotatable bonds is 9. The molecule has 0 fully saturated rings.